The van der Waals surface area contributed by atoms with Crippen molar-refractivity contribution in [1.82, 2.24) is 15.2 Å². The van der Waals surface area contributed by atoms with Gasteiger partial charge in [-0.05, 0) is 25.2 Å². The van der Waals surface area contributed by atoms with Crippen LogP contribution in [-0.4, -0.2) is 53.7 Å². The van der Waals surface area contributed by atoms with E-state index < -0.39 is 0 Å². The first kappa shape index (κ1) is 17.2. The normalized spacial score (nSPS) is 10.1. The van der Waals surface area contributed by atoms with E-state index in [2.05, 4.69) is 40.9 Å². The second kappa shape index (κ2) is 9.92. The summed E-state index contributed by atoms with van der Waals surface area (Å²) >= 11 is 0. The zero-order valence-corrected chi connectivity index (χ0v) is 12.7. The van der Waals surface area contributed by atoms with E-state index in [1.54, 1.807) is 18.3 Å². The van der Waals surface area contributed by atoms with Crippen molar-refractivity contribution in [3.8, 4) is 11.8 Å². The number of rotatable bonds is 7. The van der Waals surface area contributed by atoms with E-state index in [1.807, 2.05) is 0 Å². The molecule has 0 fully saturated rings. The van der Waals surface area contributed by atoms with Crippen molar-refractivity contribution in [3.05, 3.63) is 29.6 Å². The van der Waals surface area contributed by atoms with Gasteiger partial charge >= 0.3 is 0 Å². The van der Waals surface area contributed by atoms with Gasteiger partial charge in [-0.1, -0.05) is 25.7 Å². The molecular weight excluding hydrogens is 266 g/mol. The Balaban J connectivity index is 2.64. The van der Waals surface area contributed by atoms with Crippen LogP contribution in [0.4, 0.5) is 0 Å². The van der Waals surface area contributed by atoms with Crippen LogP contribution >= 0.6 is 0 Å². The SMILES string of the molecule is CCN(CC)CCNC(=O)c1ncccc1C#CCCO. The molecule has 0 aliphatic heterocycles. The Morgan fingerprint density at radius 3 is 2.86 bits per heavy atom. The van der Waals surface area contributed by atoms with Crippen LogP contribution in [0.5, 0.6) is 0 Å². The molecule has 21 heavy (non-hydrogen) atoms. The molecule has 0 unspecified atom stereocenters. The molecule has 0 spiro atoms. The first-order valence-corrected chi connectivity index (χ1v) is 7.28. The number of nitrogens with one attached hydrogen (secondary N) is 1. The Kier molecular flexibility index (Phi) is 8.10. The van der Waals surface area contributed by atoms with Gasteiger partial charge in [0.1, 0.15) is 5.69 Å². The van der Waals surface area contributed by atoms with Gasteiger partial charge in [0.2, 0.25) is 0 Å². The molecule has 1 aromatic rings. The van der Waals surface area contributed by atoms with E-state index in [0.717, 1.165) is 19.6 Å². The summed E-state index contributed by atoms with van der Waals surface area (Å²) in [5.41, 5.74) is 0.925. The fourth-order valence-electron chi connectivity index (χ4n) is 1.85. The van der Waals surface area contributed by atoms with Gasteiger partial charge in [0.25, 0.3) is 5.91 Å². The quantitative estimate of drug-likeness (QED) is 0.732. The van der Waals surface area contributed by atoms with Crippen LogP contribution < -0.4 is 5.32 Å². The van der Waals surface area contributed by atoms with E-state index in [1.165, 1.54) is 0 Å². The minimum atomic E-state index is -0.212. The van der Waals surface area contributed by atoms with E-state index >= 15 is 0 Å². The predicted molar refractivity (Wildman–Crippen MR) is 82.9 cm³/mol. The van der Waals surface area contributed by atoms with Gasteiger partial charge in [-0.15, -0.1) is 0 Å². The number of nitrogens with zero attached hydrogens (tertiary/aromatic N) is 2. The minimum Gasteiger partial charge on any atom is -0.395 e. The molecule has 0 bridgehead atoms. The van der Waals surface area contributed by atoms with Crippen molar-refractivity contribution in [2.24, 2.45) is 0 Å². The van der Waals surface area contributed by atoms with Crippen molar-refractivity contribution >= 4 is 5.91 Å². The molecule has 0 saturated carbocycles. The average Bonchev–Trinajstić information content (AvgIpc) is 2.52. The number of hydrogen-bond acceptors (Lipinski definition) is 4. The maximum absolute atomic E-state index is 12.1. The Hall–Kier alpha value is -1.90. The van der Waals surface area contributed by atoms with Crippen LogP contribution in [0, 0.1) is 11.8 Å². The third-order valence-corrected chi connectivity index (χ3v) is 3.09. The van der Waals surface area contributed by atoms with Crippen molar-refractivity contribution in [2.75, 3.05) is 32.8 Å². The zero-order valence-electron chi connectivity index (χ0n) is 12.7. The topological polar surface area (TPSA) is 65.5 Å². The monoisotopic (exact) mass is 289 g/mol. The number of aliphatic hydroxyl groups is 1. The molecule has 0 aliphatic rings. The van der Waals surface area contributed by atoms with Crippen LogP contribution in [0.2, 0.25) is 0 Å². The molecule has 114 valence electrons. The van der Waals surface area contributed by atoms with Crippen molar-refractivity contribution < 1.29 is 9.90 Å². The average molecular weight is 289 g/mol. The number of carbonyl (C=O) groups is 1. The molecule has 1 aromatic heterocycles. The van der Waals surface area contributed by atoms with Gasteiger partial charge in [-0.3, -0.25) is 4.79 Å². The highest BCUT2D eigenvalue weighted by molar-refractivity contribution is 5.94. The third-order valence-electron chi connectivity index (χ3n) is 3.09. The van der Waals surface area contributed by atoms with E-state index in [-0.39, 0.29) is 12.5 Å². The molecule has 1 rings (SSSR count). The first-order chi connectivity index (χ1) is 10.2. The lowest BCUT2D eigenvalue weighted by atomic mass is 10.2. The Labute approximate surface area is 126 Å². The Morgan fingerprint density at radius 2 is 2.19 bits per heavy atom. The summed E-state index contributed by atoms with van der Waals surface area (Å²) in [4.78, 5) is 18.5. The second-order valence-corrected chi connectivity index (χ2v) is 4.46. The summed E-state index contributed by atoms with van der Waals surface area (Å²) in [6, 6.07) is 3.51. The van der Waals surface area contributed by atoms with Crippen molar-refractivity contribution in [1.29, 1.82) is 0 Å². The summed E-state index contributed by atoms with van der Waals surface area (Å²) in [5.74, 6) is 5.47. The van der Waals surface area contributed by atoms with E-state index in [4.69, 9.17) is 5.11 Å². The molecular formula is C16H23N3O2. The van der Waals surface area contributed by atoms with Crippen LogP contribution in [0.15, 0.2) is 18.3 Å². The number of carbonyl (C=O) groups excluding carboxylic acids is 1. The number of amides is 1. The van der Waals surface area contributed by atoms with Gasteiger partial charge in [0.15, 0.2) is 0 Å². The van der Waals surface area contributed by atoms with Crippen LogP contribution in [-0.2, 0) is 0 Å². The summed E-state index contributed by atoms with van der Waals surface area (Å²) in [6.45, 7) is 7.54. The van der Waals surface area contributed by atoms with Crippen molar-refractivity contribution in [2.45, 2.75) is 20.3 Å². The second-order valence-electron chi connectivity index (χ2n) is 4.46. The lowest BCUT2D eigenvalue weighted by molar-refractivity contribution is 0.0943. The minimum absolute atomic E-state index is 0.0126. The number of hydrogen-bond donors (Lipinski definition) is 2. The molecule has 2 N–H and O–H groups in total. The molecule has 0 aromatic carbocycles. The van der Waals surface area contributed by atoms with E-state index in [0.29, 0.717) is 24.2 Å². The number of likely N-dealkylation sites (N-methyl/N-ethyl adjacent to an activating group) is 1. The molecule has 1 heterocycles. The highest BCUT2D eigenvalue weighted by Crippen LogP contribution is 2.03. The summed E-state index contributed by atoms with van der Waals surface area (Å²) in [7, 11) is 0. The molecule has 0 aliphatic carbocycles. The van der Waals surface area contributed by atoms with Gasteiger partial charge in [-0.25, -0.2) is 4.98 Å². The van der Waals surface area contributed by atoms with Gasteiger partial charge < -0.3 is 15.3 Å². The maximum atomic E-state index is 12.1. The smallest absolute Gasteiger partial charge is 0.271 e. The van der Waals surface area contributed by atoms with Crippen LogP contribution in [0.1, 0.15) is 36.3 Å². The summed E-state index contributed by atoms with van der Waals surface area (Å²) in [5, 5.41) is 11.6. The summed E-state index contributed by atoms with van der Waals surface area (Å²) < 4.78 is 0. The zero-order chi connectivity index (χ0) is 15.5. The van der Waals surface area contributed by atoms with Crippen LogP contribution in [0.25, 0.3) is 0 Å². The highest BCUT2D eigenvalue weighted by Gasteiger charge is 2.11. The lowest BCUT2D eigenvalue weighted by Crippen LogP contribution is -2.35. The van der Waals surface area contributed by atoms with Gasteiger partial charge in [-0.2, -0.15) is 0 Å². The molecule has 5 heteroatoms. The lowest BCUT2D eigenvalue weighted by Gasteiger charge is -2.17. The number of pyridine rings is 1. The van der Waals surface area contributed by atoms with Gasteiger partial charge in [0.05, 0.1) is 12.2 Å². The molecule has 0 saturated heterocycles. The Bertz CT molecular complexity index is 502. The molecule has 0 atom stereocenters. The van der Waals surface area contributed by atoms with Crippen LogP contribution in [0.3, 0.4) is 0 Å². The molecule has 0 radical (unpaired) electrons. The summed E-state index contributed by atoms with van der Waals surface area (Å²) in [6.07, 6.45) is 1.97. The fourth-order valence-corrected chi connectivity index (χ4v) is 1.85. The standard InChI is InChI=1S/C16H23N3O2/c1-3-19(4-2)12-11-18-16(21)15-14(8-5-6-13-20)9-7-10-17-15/h7,9-10,20H,3-4,6,11-13H2,1-2H3,(H,18,21). The fraction of sp³-hybridized carbons (Fsp3) is 0.500. The first-order valence-electron chi connectivity index (χ1n) is 7.28. The molecule has 5 nitrogen and oxygen atoms in total. The van der Waals surface area contributed by atoms with Gasteiger partial charge in [0, 0.05) is 25.7 Å². The third kappa shape index (κ3) is 5.94. The largest absolute Gasteiger partial charge is 0.395 e. The predicted octanol–water partition coefficient (Wildman–Crippen LogP) is 0.887. The van der Waals surface area contributed by atoms with E-state index in [9.17, 15) is 4.79 Å². The Morgan fingerprint density at radius 1 is 1.43 bits per heavy atom. The maximum Gasteiger partial charge on any atom is 0.271 e. The number of aliphatic hydroxyl groups excluding tert-OH is 1. The van der Waals surface area contributed by atoms with Crippen molar-refractivity contribution in [3.63, 3.8) is 0 Å². The number of aromatic nitrogens is 1. The highest BCUT2D eigenvalue weighted by atomic mass is 16.2. The molecule has 1 amide bonds.